The van der Waals surface area contributed by atoms with Gasteiger partial charge in [0.15, 0.2) is 0 Å². The first kappa shape index (κ1) is 10.2. The van der Waals surface area contributed by atoms with Crippen LogP contribution in [0.2, 0.25) is 0 Å². The zero-order valence-electron chi connectivity index (χ0n) is 9.07. The normalized spacial score (nSPS) is 15.8. The number of aryl methyl sites for hydroxylation is 1. The predicted octanol–water partition coefficient (Wildman–Crippen LogP) is 3.04. The van der Waals surface area contributed by atoms with Crippen molar-refractivity contribution in [3.63, 3.8) is 0 Å². The average Bonchev–Trinajstić information content (AvgIpc) is 3.09. The molecule has 0 atom stereocenters. The van der Waals surface area contributed by atoms with Gasteiger partial charge in [-0.25, -0.2) is 0 Å². The third kappa shape index (κ3) is 3.39. The van der Waals surface area contributed by atoms with Crippen molar-refractivity contribution in [1.82, 2.24) is 0 Å². The van der Waals surface area contributed by atoms with E-state index in [-0.39, 0.29) is 0 Å². The van der Waals surface area contributed by atoms with Gasteiger partial charge in [0.05, 0.1) is 0 Å². The standard InChI is InChI=1S/C13H16NO/c1-2-11-4-3-5-13(8-11)10-15-14-9-12-6-7-12/h3-5,8,12H,2,6-7,10H2,1H3. The highest BCUT2D eigenvalue weighted by Gasteiger charge is 2.19. The molecule has 0 amide bonds. The third-order valence-corrected chi connectivity index (χ3v) is 2.51. The lowest BCUT2D eigenvalue weighted by Crippen LogP contribution is -1.90. The van der Waals surface area contributed by atoms with Crippen LogP contribution in [-0.2, 0) is 17.9 Å². The van der Waals surface area contributed by atoms with E-state index in [4.69, 9.17) is 4.84 Å². The van der Waals surface area contributed by atoms with E-state index >= 15 is 0 Å². The molecule has 0 bridgehead atoms. The molecule has 0 spiro atoms. The van der Waals surface area contributed by atoms with E-state index in [1.165, 1.54) is 24.0 Å². The second kappa shape index (κ2) is 4.96. The fourth-order valence-corrected chi connectivity index (χ4v) is 1.37. The van der Waals surface area contributed by atoms with Crippen LogP contribution in [0, 0.1) is 5.92 Å². The summed E-state index contributed by atoms with van der Waals surface area (Å²) >= 11 is 0. The van der Waals surface area contributed by atoms with Crippen LogP contribution in [0.5, 0.6) is 0 Å². The van der Waals surface area contributed by atoms with Crippen molar-refractivity contribution < 1.29 is 4.84 Å². The molecule has 2 nitrogen and oxygen atoms in total. The topological polar surface area (TPSA) is 21.6 Å². The number of hydrogen-bond donors (Lipinski definition) is 0. The van der Waals surface area contributed by atoms with Crippen LogP contribution in [-0.4, -0.2) is 6.21 Å². The minimum absolute atomic E-state index is 0.549. The quantitative estimate of drug-likeness (QED) is 0.531. The molecular weight excluding hydrogens is 186 g/mol. The highest BCUT2D eigenvalue weighted by Crippen LogP contribution is 2.26. The fourth-order valence-electron chi connectivity index (χ4n) is 1.37. The molecular formula is C13H16NO. The maximum atomic E-state index is 5.18. The zero-order chi connectivity index (χ0) is 10.5. The summed E-state index contributed by atoms with van der Waals surface area (Å²) < 4.78 is 0. The lowest BCUT2D eigenvalue weighted by atomic mass is 10.1. The zero-order valence-corrected chi connectivity index (χ0v) is 9.07. The van der Waals surface area contributed by atoms with Gasteiger partial charge in [-0.1, -0.05) is 36.3 Å². The first-order valence-electron chi connectivity index (χ1n) is 5.54. The van der Waals surface area contributed by atoms with Crippen LogP contribution in [0.3, 0.4) is 0 Å². The molecule has 0 aliphatic heterocycles. The average molecular weight is 202 g/mol. The van der Waals surface area contributed by atoms with Gasteiger partial charge in [-0.2, -0.15) is 0 Å². The van der Waals surface area contributed by atoms with Crippen molar-refractivity contribution in [2.24, 2.45) is 11.1 Å². The Balaban J connectivity index is 1.81. The number of hydrogen-bond acceptors (Lipinski definition) is 2. The largest absolute Gasteiger partial charge is 0.391 e. The van der Waals surface area contributed by atoms with E-state index in [0.29, 0.717) is 12.5 Å². The minimum atomic E-state index is 0.549. The fraction of sp³-hybridized carbons (Fsp3) is 0.462. The van der Waals surface area contributed by atoms with Crippen LogP contribution in [0.15, 0.2) is 29.4 Å². The van der Waals surface area contributed by atoms with Gasteiger partial charge in [-0.3, -0.25) is 0 Å². The van der Waals surface area contributed by atoms with E-state index in [1.54, 1.807) is 0 Å². The van der Waals surface area contributed by atoms with Gasteiger partial charge in [0.2, 0.25) is 0 Å². The summed E-state index contributed by atoms with van der Waals surface area (Å²) in [6.07, 6.45) is 6.46. The summed E-state index contributed by atoms with van der Waals surface area (Å²) in [6.45, 7) is 2.70. The first-order chi connectivity index (χ1) is 7.38. The summed E-state index contributed by atoms with van der Waals surface area (Å²) in [4.78, 5) is 5.18. The monoisotopic (exact) mass is 202 g/mol. The smallest absolute Gasteiger partial charge is 0.142 e. The maximum absolute atomic E-state index is 5.18. The summed E-state index contributed by atoms with van der Waals surface area (Å²) in [5, 5.41) is 3.83. The number of benzene rings is 1. The van der Waals surface area contributed by atoms with Gasteiger partial charge in [0, 0.05) is 5.92 Å². The minimum Gasteiger partial charge on any atom is -0.391 e. The van der Waals surface area contributed by atoms with Crippen LogP contribution >= 0.6 is 0 Å². The van der Waals surface area contributed by atoms with E-state index in [1.807, 2.05) is 0 Å². The van der Waals surface area contributed by atoms with Gasteiger partial charge in [-0.15, -0.1) is 0 Å². The second-order valence-corrected chi connectivity index (χ2v) is 3.94. The van der Waals surface area contributed by atoms with Crippen molar-refractivity contribution in [2.45, 2.75) is 32.8 Å². The molecule has 0 aromatic heterocycles. The summed E-state index contributed by atoms with van der Waals surface area (Å²) in [5.74, 6) is 0.562. The van der Waals surface area contributed by atoms with Crippen LogP contribution in [0.25, 0.3) is 0 Å². The molecule has 1 radical (unpaired) electrons. The Morgan fingerprint density at radius 3 is 2.93 bits per heavy atom. The SMILES string of the molecule is CCc1cccc(CO/N=[C]\C2CC2)c1. The maximum Gasteiger partial charge on any atom is 0.142 e. The summed E-state index contributed by atoms with van der Waals surface area (Å²) in [5.41, 5.74) is 2.52. The highest BCUT2D eigenvalue weighted by atomic mass is 16.6. The predicted molar refractivity (Wildman–Crippen MR) is 60.8 cm³/mol. The van der Waals surface area contributed by atoms with E-state index in [2.05, 4.69) is 42.6 Å². The molecule has 1 aromatic carbocycles. The molecule has 2 heteroatoms. The molecule has 0 unspecified atom stereocenters. The molecule has 1 aliphatic carbocycles. The number of nitrogens with zero attached hydrogens (tertiary/aromatic N) is 1. The molecule has 1 aromatic rings. The third-order valence-electron chi connectivity index (χ3n) is 2.51. The lowest BCUT2D eigenvalue weighted by Gasteiger charge is -2.01. The van der Waals surface area contributed by atoms with Gasteiger partial charge in [-0.05, 0) is 30.4 Å². The van der Waals surface area contributed by atoms with E-state index < -0.39 is 0 Å². The summed E-state index contributed by atoms with van der Waals surface area (Å²) in [6, 6.07) is 8.41. The van der Waals surface area contributed by atoms with E-state index in [9.17, 15) is 0 Å². The van der Waals surface area contributed by atoms with Gasteiger partial charge in [0.25, 0.3) is 0 Å². The molecule has 0 saturated heterocycles. The molecule has 1 aliphatic rings. The van der Waals surface area contributed by atoms with E-state index in [0.717, 1.165) is 6.42 Å². The second-order valence-electron chi connectivity index (χ2n) is 3.94. The molecule has 0 heterocycles. The molecule has 15 heavy (non-hydrogen) atoms. The first-order valence-corrected chi connectivity index (χ1v) is 5.54. The van der Waals surface area contributed by atoms with Crippen LogP contribution < -0.4 is 0 Å². The Morgan fingerprint density at radius 1 is 1.40 bits per heavy atom. The number of rotatable bonds is 5. The molecule has 2 rings (SSSR count). The van der Waals surface area contributed by atoms with Gasteiger partial charge < -0.3 is 4.84 Å². The van der Waals surface area contributed by atoms with Crippen molar-refractivity contribution in [1.29, 1.82) is 0 Å². The Morgan fingerprint density at radius 2 is 2.20 bits per heavy atom. The van der Waals surface area contributed by atoms with Crippen molar-refractivity contribution >= 4 is 6.21 Å². The Hall–Kier alpha value is -1.31. The molecule has 1 fully saturated rings. The van der Waals surface area contributed by atoms with Crippen LogP contribution in [0.4, 0.5) is 0 Å². The Bertz CT molecular complexity index is 342. The molecule has 1 saturated carbocycles. The van der Waals surface area contributed by atoms with Crippen molar-refractivity contribution in [3.8, 4) is 0 Å². The van der Waals surface area contributed by atoms with Crippen LogP contribution in [0.1, 0.15) is 30.9 Å². The van der Waals surface area contributed by atoms with Gasteiger partial charge in [0.1, 0.15) is 12.8 Å². The Kier molecular flexibility index (Phi) is 3.38. The van der Waals surface area contributed by atoms with Gasteiger partial charge >= 0.3 is 0 Å². The summed E-state index contributed by atoms with van der Waals surface area (Å²) in [7, 11) is 0. The Labute approximate surface area is 90.9 Å². The molecule has 79 valence electrons. The highest BCUT2D eigenvalue weighted by molar-refractivity contribution is 5.62. The van der Waals surface area contributed by atoms with Crippen molar-refractivity contribution in [3.05, 3.63) is 35.4 Å². The molecule has 0 N–H and O–H groups in total. The lowest BCUT2D eigenvalue weighted by molar-refractivity contribution is 0.131. The van der Waals surface area contributed by atoms with Crippen molar-refractivity contribution in [2.75, 3.05) is 0 Å².